The molecule has 0 saturated carbocycles. The van der Waals surface area contributed by atoms with Crippen LogP contribution in [0.3, 0.4) is 0 Å². The van der Waals surface area contributed by atoms with Gasteiger partial charge in [0.1, 0.15) is 5.69 Å². The molecule has 1 atom stereocenters. The lowest BCUT2D eigenvalue weighted by Gasteiger charge is -2.22. The molecule has 1 aromatic rings. The fourth-order valence-corrected chi connectivity index (χ4v) is 3.49. The van der Waals surface area contributed by atoms with Gasteiger partial charge in [-0.15, -0.1) is 11.8 Å². The lowest BCUT2D eigenvalue weighted by Crippen LogP contribution is -2.39. The molecule has 1 fully saturated rings. The summed E-state index contributed by atoms with van der Waals surface area (Å²) in [5.41, 5.74) is 2.21. The van der Waals surface area contributed by atoms with Crippen molar-refractivity contribution in [1.29, 1.82) is 0 Å². The van der Waals surface area contributed by atoms with Gasteiger partial charge in [0, 0.05) is 13.6 Å². The van der Waals surface area contributed by atoms with Crippen LogP contribution in [0, 0.1) is 6.92 Å². The average Bonchev–Trinajstić information content (AvgIpc) is 2.88. The van der Waals surface area contributed by atoms with Crippen LogP contribution >= 0.6 is 11.8 Å². The molecule has 0 unspecified atom stereocenters. The van der Waals surface area contributed by atoms with Gasteiger partial charge in [-0.2, -0.15) is 5.10 Å². The van der Waals surface area contributed by atoms with Gasteiger partial charge in [-0.3, -0.25) is 9.48 Å². The summed E-state index contributed by atoms with van der Waals surface area (Å²) in [6.45, 7) is 2.73. The minimum Gasteiger partial charge on any atom is -0.328 e. The predicted molar refractivity (Wildman–Crippen MR) is 72.6 cm³/mol. The zero-order valence-electron chi connectivity index (χ0n) is 10.8. The minimum absolute atomic E-state index is 0.0726. The molecule has 2 aliphatic rings. The SMILES string of the molecule is CSC1=Nc2c(C)nn(C)c2C(=O)N2CCC[C@@H]12. The number of rotatable bonds is 0. The Balaban J connectivity index is 2.21. The van der Waals surface area contributed by atoms with E-state index in [0.717, 1.165) is 35.8 Å². The number of carbonyl (C=O) groups excluding carboxylic acids is 1. The quantitative estimate of drug-likeness (QED) is 0.717. The predicted octanol–water partition coefficient (Wildman–Crippen LogP) is 1.74. The van der Waals surface area contributed by atoms with Crippen LogP contribution < -0.4 is 0 Å². The van der Waals surface area contributed by atoms with Crippen molar-refractivity contribution in [3.63, 3.8) is 0 Å². The van der Waals surface area contributed by atoms with Crippen LogP contribution in [0.1, 0.15) is 29.0 Å². The largest absolute Gasteiger partial charge is 0.328 e. The molecular weight excluding hydrogens is 248 g/mol. The normalized spacial score (nSPS) is 22.6. The van der Waals surface area contributed by atoms with E-state index in [1.54, 1.807) is 16.4 Å². The number of aromatic nitrogens is 2. The molecular formula is C12H16N4OS. The van der Waals surface area contributed by atoms with Crippen LogP contribution in [0.25, 0.3) is 0 Å². The number of hydrogen-bond acceptors (Lipinski definition) is 4. The number of aryl methyl sites for hydroxylation is 2. The fraction of sp³-hybridized carbons (Fsp3) is 0.583. The maximum absolute atomic E-state index is 12.6. The van der Waals surface area contributed by atoms with Gasteiger partial charge in [0.2, 0.25) is 0 Å². The fourth-order valence-electron chi connectivity index (χ4n) is 2.79. The number of hydrogen-bond donors (Lipinski definition) is 0. The van der Waals surface area contributed by atoms with E-state index in [0.29, 0.717) is 5.69 Å². The van der Waals surface area contributed by atoms with Crippen LogP contribution in [-0.2, 0) is 7.05 Å². The first-order valence-electron chi connectivity index (χ1n) is 6.10. The first-order valence-corrected chi connectivity index (χ1v) is 7.33. The maximum atomic E-state index is 12.6. The van der Waals surface area contributed by atoms with E-state index < -0.39 is 0 Å². The molecule has 0 radical (unpaired) electrons. The van der Waals surface area contributed by atoms with Crippen molar-refractivity contribution in [3.8, 4) is 0 Å². The summed E-state index contributed by atoms with van der Waals surface area (Å²) in [4.78, 5) is 19.2. The molecule has 18 heavy (non-hydrogen) atoms. The summed E-state index contributed by atoms with van der Waals surface area (Å²) in [7, 11) is 1.81. The number of fused-ring (bicyclic) bond motifs is 2. The van der Waals surface area contributed by atoms with E-state index in [1.165, 1.54) is 0 Å². The molecule has 6 heteroatoms. The molecule has 0 bridgehead atoms. The zero-order valence-corrected chi connectivity index (χ0v) is 11.6. The molecule has 3 rings (SSSR count). The van der Waals surface area contributed by atoms with Gasteiger partial charge in [-0.1, -0.05) is 0 Å². The van der Waals surface area contributed by atoms with Crippen LogP contribution in [-0.4, -0.2) is 44.5 Å². The lowest BCUT2D eigenvalue weighted by atomic mass is 10.2. The van der Waals surface area contributed by atoms with Crippen LogP contribution in [0.15, 0.2) is 4.99 Å². The Kier molecular flexibility index (Phi) is 2.69. The second-order valence-electron chi connectivity index (χ2n) is 4.72. The van der Waals surface area contributed by atoms with Gasteiger partial charge in [-0.05, 0) is 26.0 Å². The number of carbonyl (C=O) groups is 1. The van der Waals surface area contributed by atoms with Gasteiger partial charge in [0.15, 0.2) is 5.69 Å². The Morgan fingerprint density at radius 2 is 2.22 bits per heavy atom. The molecule has 5 nitrogen and oxygen atoms in total. The molecule has 0 aliphatic carbocycles. The van der Waals surface area contributed by atoms with Crippen molar-refractivity contribution < 1.29 is 4.79 Å². The van der Waals surface area contributed by atoms with Gasteiger partial charge in [0.25, 0.3) is 5.91 Å². The molecule has 0 spiro atoms. The molecule has 2 aliphatic heterocycles. The third-order valence-corrected chi connectivity index (χ3v) is 4.40. The summed E-state index contributed by atoms with van der Waals surface area (Å²) < 4.78 is 1.66. The number of thioether (sulfide) groups is 1. The molecule has 3 heterocycles. The monoisotopic (exact) mass is 264 g/mol. The summed E-state index contributed by atoms with van der Waals surface area (Å²) in [6.07, 6.45) is 4.10. The topological polar surface area (TPSA) is 50.5 Å². The maximum Gasteiger partial charge on any atom is 0.274 e. The van der Waals surface area contributed by atoms with E-state index in [9.17, 15) is 4.79 Å². The van der Waals surface area contributed by atoms with Crippen LogP contribution in [0.2, 0.25) is 0 Å². The van der Waals surface area contributed by atoms with Crippen molar-refractivity contribution in [3.05, 3.63) is 11.4 Å². The van der Waals surface area contributed by atoms with Crippen molar-refractivity contribution in [2.45, 2.75) is 25.8 Å². The first-order chi connectivity index (χ1) is 8.63. The average molecular weight is 264 g/mol. The third kappa shape index (κ3) is 1.51. The summed E-state index contributed by atoms with van der Waals surface area (Å²) in [5.74, 6) is 0.0726. The third-order valence-electron chi connectivity index (χ3n) is 3.62. The van der Waals surface area contributed by atoms with Crippen molar-refractivity contribution in [2.24, 2.45) is 12.0 Å². The molecule has 1 saturated heterocycles. The Bertz CT molecular complexity index is 549. The van der Waals surface area contributed by atoms with Crippen molar-refractivity contribution in [1.82, 2.24) is 14.7 Å². The molecule has 1 amide bonds. The highest BCUT2D eigenvalue weighted by molar-refractivity contribution is 8.13. The van der Waals surface area contributed by atoms with Gasteiger partial charge in [0.05, 0.1) is 16.8 Å². The molecule has 1 aromatic heterocycles. The van der Waals surface area contributed by atoms with Gasteiger partial charge in [-0.25, -0.2) is 4.99 Å². The molecule has 96 valence electrons. The van der Waals surface area contributed by atoms with Crippen molar-refractivity contribution >= 4 is 28.4 Å². The summed E-state index contributed by atoms with van der Waals surface area (Å²) in [5, 5.41) is 5.36. The Morgan fingerprint density at radius 3 is 2.94 bits per heavy atom. The van der Waals surface area contributed by atoms with E-state index in [-0.39, 0.29) is 11.9 Å². The minimum atomic E-state index is 0.0726. The Labute approximate surface area is 110 Å². The highest BCUT2D eigenvalue weighted by atomic mass is 32.2. The van der Waals surface area contributed by atoms with Crippen molar-refractivity contribution in [2.75, 3.05) is 12.8 Å². The summed E-state index contributed by atoms with van der Waals surface area (Å²) in [6, 6.07) is 0.166. The highest BCUT2D eigenvalue weighted by Gasteiger charge is 2.38. The Hall–Kier alpha value is -1.30. The van der Waals surface area contributed by atoms with Gasteiger partial charge >= 0.3 is 0 Å². The van der Waals surface area contributed by atoms with Gasteiger partial charge < -0.3 is 4.90 Å². The number of nitrogens with zero attached hydrogens (tertiary/aromatic N) is 4. The lowest BCUT2D eigenvalue weighted by molar-refractivity contribution is 0.0763. The molecule has 0 aromatic carbocycles. The summed E-state index contributed by atoms with van der Waals surface area (Å²) >= 11 is 1.64. The highest BCUT2D eigenvalue weighted by Crippen LogP contribution is 2.34. The number of aliphatic imine (C=N–C) groups is 1. The first kappa shape index (κ1) is 11.8. The van der Waals surface area contributed by atoms with E-state index >= 15 is 0 Å². The number of amides is 1. The standard InChI is InChI=1S/C12H16N4OS/c1-7-9-10(15(2)14-7)12(17)16-6-4-5-8(16)11(13-9)18-3/h8H,4-6H2,1-3H3/t8-/m0/s1. The smallest absolute Gasteiger partial charge is 0.274 e. The van der Waals surface area contributed by atoms with Crippen LogP contribution in [0.4, 0.5) is 5.69 Å². The zero-order chi connectivity index (χ0) is 12.9. The van der Waals surface area contributed by atoms with E-state index in [1.807, 2.05) is 25.1 Å². The second kappa shape index (κ2) is 4.12. The van der Waals surface area contributed by atoms with E-state index in [2.05, 4.69) is 5.10 Å². The van der Waals surface area contributed by atoms with Crippen LogP contribution in [0.5, 0.6) is 0 Å². The Morgan fingerprint density at radius 1 is 1.44 bits per heavy atom. The molecule has 0 N–H and O–H groups in total. The van der Waals surface area contributed by atoms with E-state index in [4.69, 9.17) is 4.99 Å². The second-order valence-corrected chi connectivity index (χ2v) is 5.54.